The molecule has 2 heterocycles. The van der Waals surface area contributed by atoms with Gasteiger partial charge in [-0.25, -0.2) is 4.79 Å². The second-order valence-electron chi connectivity index (χ2n) is 3.67. The largest absolute Gasteiger partial charge is 0.480 e. The van der Waals surface area contributed by atoms with E-state index >= 15 is 0 Å². The number of carboxylic acids is 1. The molecule has 1 saturated heterocycles. The van der Waals surface area contributed by atoms with Crippen molar-refractivity contribution < 1.29 is 19.4 Å². The Morgan fingerprint density at radius 2 is 2.35 bits per heavy atom. The Morgan fingerprint density at radius 1 is 1.53 bits per heavy atom. The Bertz CT molecular complexity index is 421. The Morgan fingerprint density at radius 3 is 3.00 bits per heavy atom. The number of pyridine rings is 1. The van der Waals surface area contributed by atoms with E-state index in [0.29, 0.717) is 12.2 Å². The van der Waals surface area contributed by atoms with E-state index in [1.807, 2.05) is 0 Å². The smallest absolute Gasteiger partial charge is 0.328 e. The van der Waals surface area contributed by atoms with Crippen LogP contribution in [0, 0.1) is 0 Å². The summed E-state index contributed by atoms with van der Waals surface area (Å²) in [7, 11) is 0. The number of carbonyl (C=O) groups excluding carboxylic acids is 1. The average molecular weight is 236 g/mol. The molecule has 90 valence electrons. The molecule has 1 fully saturated rings. The number of carbonyl (C=O) groups is 2. The molecule has 0 saturated carbocycles. The zero-order chi connectivity index (χ0) is 12.3. The molecule has 1 aromatic heterocycles. The van der Waals surface area contributed by atoms with Crippen molar-refractivity contribution in [3.05, 3.63) is 30.1 Å². The van der Waals surface area contributed by atoms with Crippen LogP contribution < -0.4 is 0 Å². The zero-order valence-corrected chi connectivity index (χ0v) is 9.07. The van der Waals surface area contributed by atoms with E-state index in [0.717, 1.165) is 0 Å². The number of hydrogen-bond donors (Lipinski definition) is 1. The summed E-state index contributed by atoms with van der Waals surface area (Å²) in [4.78, 5) is 28.2. The van der Waals surface area contributed by atoms with Gasteiger partial charge in [0.2, 0.25) is 0 Å². The topological polar surface area (TPSA) is 79.7 Å². The van der Waals surface area contributed by atoms with Gasteiger partial charge in [-0.1, -0.05) is 0 Å². The SMILES string of the molecule is O=C(O)[C@H]1COCCN1C(=O)c1cccnc1. The standard InChI is InChI=1S/C11H12N2O4/c14-10(8-2-1-3-12-6-8)13-4-5-17-7-9(13)11(15)16/h1-3,6,9H,4-5,7H2,(H,15,16)/t9-/m1/s1. The Kier molecular flexibility index (Phi) is 3.34. The van der Waals surface area contributed by atoms with Gasteiger partial charge in [-0.2, -0.15) is 0 Å². The van der Waals surface area contributed by atoms with Crippen molar-refractivity contribution in [1.29, 1.82) is 0 Å². The molecule has 6 heteroatoms. The highest BCUT2D eigenvalue weighted by Crippen LogP contribution is 2.12. The van der Waals surface area contributed by atoms with E-state index in [9.17, 15) is 9.59 Å². The predicted molar refractivity (Wildman–Crippen MR) is 57.5 cm³/mol. The van der Waals surface area contributed by atoms with Crippen molar-refractivity contribution in [2.45, 2.75) is 6.04 Å². The number of aliphatic carboxylic acids is 1. The lowest BCUT2D eigenvalue weighted by molar-refractivity contribution is -0.147. The summed E-state index contributed by atoms with van der Waals surface area (Å²) < 4.78 is 5.07. The van der Waals surface area contributed by atoms with Crippen molar-refractivity contribution in [1.82, 2.24) is 9.88 Å². The average Bonchev–Trinajstić information content (AvgIpc) is 2.39. The second kappa shape index (κ2) is 4.92. The van der Waals surface area contributed by atoms with Crippen molar-refractivity contribution >= 4 is 11.9 Å². The predicted octanol–water partition coefficient (Wildman–Crippen LogP) is 0.00720. The molecule has 1 N–H and O–H groups in total. The van der Waals surface area contributed by atoms with Crippen LogP contribution in [-0.4, -0.2) is 52.7 Å². The molecular formula is C11H12N2O4. The maximum atomic E-state index is 12.1. The minimum absolute atomic E-state index is 0.0291. The molecule has 1 atom stereocenters. The van der Waals surface area contributed by atoms with Crippen molar-refractivity contribution in [2.75, 3.05) is 19.8 Å². The maximum Gasteiger partial charge on any atom is 0.328 e. The van der Waals surface area contributed by atoms with Crippen LogP contribution >= 0.6 is 0 Å². The molecule has 0 radical (unpaired) electrons. The summed E-state index contributed by atoms with van der Waals surface area (Å²) in [5.74, 6) is -1.38. The number of ether oxygens (including phenoxy) is 1. The molecular weight excluding hydrogens is 224 g/mol. The minimum Gasteiger partial charge on any atom is -0.480 e. The first-order valence-corrected chi connectivity index (χ1v) is 5.21. The van der Waals surface area contributed by atoms with Crippen molar-refractivity contribution in [3.63, 3.8) is 0 Å². The van der Waals surface area contributed by atoms with Gasteiger partial charge in [-0.3, -0.25) is 9.78 Å². The van der Waals surface area contributed by atoms with Gasteiger partial charge in [0.15, 0.2) is 6.04 Å². The summed E-state index contributed by atoms with van der Waals surface area (Å²) >= 11 is 0. The third-order valence-electron chi connectivity index (χ3n) is 2.58. The molecule has 0 aromatic carbocycles. The molecule has 17 heavy (non-hydrogen) atoms. The van der Waals surface area contributed by atoms with Crippen LogP contribution in [-0.2, 0) is 9.53 Å². The van der Waals surface area contributed by atoms with Crippen LogP contribution in [0.1, 0.15) is 10.4 Å². The fraction of sp³-hybridized carbons (Fsp3) is 0.364. The molecule has 0 spiro atoms. The zero-order valence-electron chi connectivity index (χ0n) is 9.07. The van der Waals surface area contributed by atoms with Crippen LogP contribution in [0.25, 0.3) is 0 Å². The number of morpholine rings is 1. The first-order chi connectivity index (χ1) is 8.20. The van der Waals surface area contributed by atoms with Gasteiger partial charge in [-0.05, 0) is 12.1 Å². The molecule has 1 aliphatic heterocycles. The highest BCUT2D eigenvalue weighted by atomic mass is 16.5. The monoisotopic (exact) mass is 236 g/mol. The normalized spacial score (nSPS) is 20.0. The lowest BCUT2D eigenvalue weighted by Gasteiger charge is -2.32. The van der Waals surface area contributed by atoms with E-state index in [1.54, 1.807) is 18.3 Å². The third-order valence-corrected chi connectivity index (χ3v) is 2.58. The molecule has 2 rings (SSSR count). The van der Waals surface area contributed by atoms with Crippen LogP contribution in [0.3, 0.4) is 0 Å². The number of hydrogen-bond acceptors (Lipinski definition) is 4. The van der Waals surface area contributed by atoms with Crippen molar-refractivity contribution in [2.24, 2.45) is 0 Å². The van der Waals surface area contributed by atoms with Gasteiger partial charge in [0.25, 0.3) is 5.91 Å². The molecule has 0 unspecified atom stereocenters. The van der Waals surface area contributed by atoms with Crippen LogP contribution in [0.5, 0.6) is 0 Å². The highest BCUT2D eigenvalue weighted by molar-refractivity contribution is 5.96. The van der Waals surface area contributed by atoms with Crippen LogP contribution in [0.2, 0.25) is 0 Å². The molecule has 1 aromatic rings. The van der Waals surface area contributed by atoms with Crippen LogP contribution in [0.4, 0.5) is 0 Å². The Hall–Kier alpha value is -1.95. The molecule has 6 nitrogen and oxygen atoms in total. The molecule has 0 bridgehead atoms. The van der Waals surface area contributed by atoms with E-state index in [4.69, 9.17) is 9.84 Å². The summed E-state index contributed by atoms with van der Waals surface area (Å²) in [6.07, 6.45) is 2.99. The first kappa shape index (κ1) is 11.5. The van der Waals surface area contributed by atoms with Gasteiger partial charge in [0, 0.05) is 18.9 Å². The third kappa shape index (κ3) is 2.42. The van der Waals surface area contributed by atoms with Gasteiger partial charge in [0.1, 0.15) is 0 Å². The quantitative estimate of drug-likeness (QED) is 0.782. The highest BCUT2D eigenvalue weighted by Gasteiger charge is 2.33. The number of carboxylic acid groups (broad SMARTS) is 1. The maximum absolute atomic E-state index is 12.1. The minimum atomic E-state index is -1.05. The fourth-order valence-electron chi connectivity index (χ4n) is 1.71. The van der Waals surface area contributed by atoms with Gasteiger partial charge >= 0.3 is 5.97 Å². The molecule has 0 aliphatic carbocycles. The van der Waals surface area contributed by atoms with E-state index in [1.165, 1.54) is 11.1 Å². The first-order valence-electron chi connectivity index (χ1n) is 5.21. The summed E-state index contributed by atoms with van der Waals surface area (Å²) in [6, 6.07) is 2.34. The van der Waals surface area contributed by atoms with Gasteiger partial charge < -0.3 is 14.7 Å². The van der Waals surface area contributed by atoms with Gasteiger partial charge in [0.05, 0.1) is 18.8 Å². The number of rotatable bonds is 2. The van der Waals surface area contributed by atoms with Gasteiger partial charge in [-0.15, -0.1) is 0 Å². The number of nitrogens with zero attached hydrogens (tertiary/aromatic N) is 2. The lowest BCUT2D eigenvalue weighted by Crippen LogP contribution is -2.52. The lowest BCUT2D eigenvalue weighted by atomic mass is 10.1. The molecule has 1 amide bonds. The van der Waals surface area contributed by atoms with Crippen LogP contribution in [0.15, 0.2) is 24.5 Å². The molecule has 1 aliphatic rings. The Balaban J connectivity index is 2.20. The number of aromatic nitrogens is 1. The van der Waals surface area contributed by atoms with E-state index in [-0.39, 0.29) is 19.1 Å². The van der Waals surface area contributed by atoms with E-state index in [2.05, 4.69) is 4.98 Å². The fourth-order valence-corrected chi connectivity index (χ4v) is 1.71. The summed E-state index contributed by atoms with van der Waals surface area (Å²) in [5.41, 5.74) is 0.389. The van der Waals surface area contributed by atoms with E-state index < -0.39 is 12.0 Å². The second-order valence-corrected chi connectivity index (χ2v) is 3.67. The summed E-state index contributed by atoms with van der Waals surface area (Å²) in [6.45, 7) is 0.668. The number of amides is 1. The summed E-state index contributed by atoms with van der Waals surface area (Å²) in [5, 5.41) is 9.01. The van der Waals surface area contributed by atoms with Crippen molar-refractivity contribution in [3.8, 4) is 0 Å². The Labute approximate surface area is 97.8 Å².